The van der Waals surface area contributed by atoms with E-state index in [0.717, 1.165) is 12.1 Å². The zero-order valence-electron chi connectivity index (χ0n) is 16.0. The molecule has 3 rings (SSSR count). The first-order valence-electron chi connectivity index (χ1n) is 9.04. The lowest BCUT2D eigenvalue weighted by molar-refractivity contribution is 0.0729. The molecule has 0 unspecified atom stereocenters. The average molecular weight is 477 g/mol. The SMILES string of the molecule is CCOc1ccc(NC(=O)c2cc(F)c(Cl)cc2Cl)cc1S(=O)(=O)N1CCOCC1. The standard InChI is InChI=1S/C19H19Cl2FN2O5S/c1-2-29-17-4-3-12(9-18(17)30(26,27)24-5-7-28-8-6-24)23-19(25)13-10-16(22)15(21)11-14(13)20/h3-4,9-11H,2,5-8H2,1H3,(H,23,25). The molecule has 2 aromatic rings. The van der Waals surface area contributed by atoms with Gasteiger partial charge in [0.15, 0.2) is 0 Å². The highest BCUT2D eigenvalue weighted by Crippen LogP contribution is 2.31. The van der Waals surface area contributed by atoms with Crippen LogP contribution in [0.5, 0.6) is 5.75 Å². The molecule has 1 heterocycles. The van der Waals surface area contributed by atoms with Gasteiger partial charge in [-0.15, -0.1) is 0 Å². The van der Waals surface area contributed by atoms with Crippen LogP contribution in [0.25, 0.3) is 0 Å². The summed E-state index contributed by atoms with van der Waals surface area (Å²) in [6.45, 7) is 3.00. The molecule has 0 aromatic heterocycles. The molecule has 0 atom stereocenters. The van der Waals surface area contributed by atoms with E-state index in [-0.39, 0.29) is 51.6 Å². The molecular weight excluding hydrogens is 458 g/mol. The fraction of sp³-hybridized carbons (Fsp3) is 0.316. The fourth-order valence-corrected chi connectivity index (χ4v) is 4.92. The summed E-state index contributed by atoms with van der Waals surface area (Å²) in [6.07, 6.45) is 0. The molecule has 0 saturated carbocycles. The van der Waals surface area contributed by atoms with E-state index in [9.17, 15) is 17.6 Å². The molecule has 162 valence electrons. The van der Waals surface area contributed by atoms with Crippen molar-refractivity contribution in [3.63, 3.8) is 0 Å². The summed E-state index contributed by atoms with van der Waals surface area (Å²) >= 11 is 11.6. The number of rotatable bonds is 6. The summed E-state index contributed by atoms with van der Waals surface area (Å²) in [4.78, 5) is 12.5. The minimum Gasteiger partial charge on any atom is -0.492 e. The number of benzene rings is 2. The zero-order valence-corrected chi connectivity index (χ0v) is 18.3. The van der Waals surface area contributed by atoms with Gasteiger partial charge in [0, 0.05) is 18.8 Å². The second-order valence-corrected chi connectivity index (χ2v) is 9.03. The number of hydrogen-bond donors (Lipinski definition) is 1. The van der Waals surface area contributed by atoms with Gasteiger partial charge in [0.25, 0.3) is 5.91 Å². The Morgan fingerprint density at radius 1 is 1.20 bits per heavy atom. The first-order chi connectivity index (χ1) is 14.2. The monoisotopic (exact) mass is 476 g/mol. The van der Waals surface area contributed by atoms with E-state index in [2.05, 4.69) is 5.32 Å². The number of sulfonamides is 1. The van der Waals surface area contributed by atoms with Gasteiger partial charge in [0.05, 0.1) is 35.4 Å². The number of morpholine rings is 1. The molecule has 0 bridgehead atoms. The highest BCUT2D eigenvalue weighted by atomic mass is 35.5. The van der Waals surface area contributed by atoms with Gasteiger partial charge in [-0.05, 0) is 37.3 Å². The number of nitrogens with one attached hydrogen (secondary N) is 1. The molecule has 1 N–H and O–H groups in total. The van der Waals surface area contributed by atoms with Gasteiger partial charge < -0.3 is 14.8 Å². The number of nitrogens with zero attached hydrogens (tertiary/aromatic N) is 1. The molecule has 1 aliphatic heterocycles. The normalized spacial score (nSPS) is 15.1. The van der Waals surface area contributed by atoms with Gasteiger partial charge in [-0.25, -0.2) is 12.8 Å². The lowest BCUT2D eigenvalue weighted by atomic mass is 10.2. The van der Waals surface area contributed by atoms with Crippen molar-refractivity contribution in [3.05, 3.63) is 51.8 Å². The van der Waals surface area contributed by atoms with E-state index in [1.54, 1.807) is 6.92 Å². The summed E-state index contributed by atoms with van der Waals surface area (Å²) in [5.41, 5.74) is 0.0479. The Morgan fingerprint density at radius 3 is 2.57 bits per heavy atom. The van der Waals surface area contributed by atoms with Crippen LogP contribution in [-0.4, -0.2) is 51.5 Å². The lowest BCUT2D eigenvalue weighted by Gasteiger charge is -2.27. The van der Waals surface area contributed by atoms with E-state index in [1.165, 1.54) is 22.5 Å². The maximum atomic E-state index is 13.7. The van der Waals surface area contributed by atoms with Gasteiger partial charge in [-0.3, -0.25) is 4.79 Å². The highest BCUT2D eigenvalue weighted by Gasteiger charge is 2.30. The Hall–Kier alpha value is -1.91. The smallest absolute Gasteiger partial charge is 0.257 e. The Bertz CT molecular complexity index is 1060. The van der Waals surface area contributed by atoms with Crippen molar-refractivity contribution < 1.29 is 27.1 Å². The fourth-order valence-electron chi connectivity index (χ4n) is 2.88. The molecule has 1 aliphatic rings. The summed E-state index contributed by atoms with van der Waals surface area (Å²) in [7, 11) is -3.88. The molecule has 0 spiro atoms. The molecule has 2 aromatic carbocycles. The Morgan fingerprint density at radius 2 is 1.90 bits per heavy atom. The van der Waals surface area contributed by atoms with E-state index >= 15 is 0 Å². The zero-order chi connectivity index (χ0) is 21.9. The maximum absolute atomic E-state index is 13.7. The molecule has 1 saturated heterocycles. The largest absolute Gasteiger partial charge is 0.492 e. The second kappa shape index (κ2) is 9.49. The van der Waals surface area contributed by atoms with Gasteiger partial charge in [-0.1, -0.05) is 23.2 Å². The average Bonchev–Trinajstić information content (AvgIpc) is 2.72. The first-order valence-corrected chi connectivity index (χ1v) is 11.2. The number of amides is 1. The maximum Gasteiger partial charge on any atom is 0.257 e. The Kier molecular flexibility index (Phi) is 7.20. The van der Waals surface area contributed by atoms with Crippen LogP contribution in [0, 0.1) is 5.82 Å². The molecule has 11 heteroatoms. The van der Waals surface area contributed by atoms with E-state index in [1.807, 2.05) is 0 Å². The second-order valence-electron chi connectivity index (χ2n) is 6.31. The number of carbonyl (C=O) groups excluding carboxylic acids is 1. The van der Waals surface area contributed by atoms with Crippen molar-refractivity contribution in [3.8, 4) is 5.75 Å². The molecule has 1 fully saturated rings. The van der Waals surface area contributed by atoms with Crippen molar-refractivity contribution in [1.29, 1.82) is 0 Å². The van der Waals surface area contributed by atoms with Crippen LogP contribution in [0.3, 0.4) is 0 Å². The predicted octanol–water partition coefficient (Wildman–Crippen LogP) is 3.80. The van der Waals surface area contributed by atoms with Gasteiger partial charge in [-0.2, -0.15) is 4.31 Å². The molecule has 0 aliphatic carbocycles. The van der Waals surface area contributed by atoms with Crippen LogP contribution in [0.4, 0.5) is 10.1 Å². The van der Waals surface area contributed by atoms with Gasteiger partial charge >= 0.3 is 0 Å². The van der Waals surface area contributed by atoms with Crippen LogP contribution < -0.4 is 10.1 Å². The Balaban J connectivity index is 1.94. The third kappa shape index (κ3) is 4.87. The Labute approximate surface area is 183 Å². The summed E-state index contributed by atoms with van der Waals surface area (Å²) in [6, 6.07) is 6.28. The highest BCUT2D eigenvalue weighted by molar-refractivity contribution is 7.89. The minimum atomic E-state index is -3.88. The molecule has 7 nitrogen and oxygen atoms in total. The molecule has 30 heavy (non-hydrogen) atoms. The van der Waals surface area contributed by atoms with Crippen molar-refractivity contribution in [2.45, 2.75) is 11.8 Å². The quantitative estimate of drug-likeness (QED) is 0.640. The minimum absolute atomic E-state index is 0.0361. The summed E-state index contributed by atoms with van der Waals surface area (Å²) in [5.74, 6) is -1.35. The number of halogens is 3. The van der Waals surface area contributed by atoms with Crippen LogP contribution in [0.2, 0.25) is 10.0 Å². The topological polar surface area (TPSA) is 84.9 Å². The van der Waals surface area contributed by atoms with Crippen LogP contribution in [-0.2, 0) is 14.8 Å². The number of carbonyl (C=O) groups is 1. The molecular formula is C19H19Cl2FN2O5S. The van der Waals surface area contributed by atoms with Crippen molar-refractivity contribution in [2.24, 2.45) is 0 Å². The van der Waals surface area contributed by atoms with Gasteiger partial charge in [0.2, 0.25) is 10.0 Å². The molecule has 0 radical (unpaired) electrons. The van der Waals surface area contributed by atoms with Crippen molar-refractivity contribution in [2.75, 3.05) is 38.2 Å². The number of ether oxygens (including phenoxy) is 2. The van der Waals surface area contributed by atoms with E-state index in [4.69, 9.17) is 32.7 Å². The summed E-state index contributed by atoms with van der Waals surface area (Å²) < 4.78 is 52.0. The van der Waals surface area contributed by atoms with Gasteiger partial charge in [0.1, 0.15) is 16.5 Å². The predicted molar refractivity (Wildman–Crippen MR) is 112 cm³/mol. The number of hydrogen-bond acceptors (Lipinski definition) is 5. The van der Waals surface area contributed by atoms with Crippen LogP contribution in [0.1, 0.15) is 17.3 Å². The summed E-state index contributed by atoms with van der Waals surface area (Å²) in [5, 5.41) is 2.29. The van der Waals surface area contributed by atoms with Crippen molar-refractivity contribution >= 4 is 44.8 Å². The number of anilines is 1. The lowest BCUT2D eigenvalue weighted by Crippen LogP contribution is -2.40. The first kappa shape index (κ1) is 22.8. The van der Waals surface area contributed by atoms with Crippen LogP contribution in [0.15, 0.2) is 35.2 Å². The third-order valence-electron chi connectivity index (χ3n) is 4.34. The van der Waals surface area contributed by atoms with E-state index < -0.39 is 21.7 Å². The third-order valence-corrected chi connectivity index (χ3v) is 6.87. The van der Waals surface area contributed by atoms with Crippen molar-refractivity contribution in [1.82, 2.24) is 4.31 Å². The van der Waals surface area contributed by atoms with E-state index in [0.29, 0.717) is 13.2 Å². The molecule has 1 amide bonds. The van der Waals surface area contributed by atoms with Crippen LogP contribution >= 0.6 is 23.2 Å².